The molecule has 3 N–H and O–H groups in total. The number of fused-ring (bicyclic) bond motifs is 1. The summed E-state index contributed by atoms with van der Waals surface area (Å²) in [6.07, 6.45) is 0. The van der Waals surface area contributed by atoms with Crippen LogP contribution in [0.5, 0.6) is 5.75 Å². The first-order valence-electron chi connectivity index (χ1n) is 6.44. The molecular formula is C12H9ClN2O4. The van der Waals surface area contributed by atoms with Crippen LogP contribution < -0.4 is 5.31 Å². The third-order valence-corrected chi connectivity index (χ3v) is 2.66. The molecule has 0 aliphatic carbocycles. The zero-order chi connectivity index (χ0) is 16.3. The summed E-state index contributed by atoms with van der Waals surface area (Å²) < 4.78 is 21.0. The van der Waals surface area contributed by atoms with Crippen LogP contribution in [0.3, 0.4) is 0 Å². The first kappa shape index (κ1) is 9.57. The number of pyridine rings is 1. The smallest absolute Gasteiger partial charge is 0.322 e. The van der Waals surface area contributed by atoms with Gasteiger partial charge in [-0.2, -0.15) is 0 Å². The van der Waals surface area contributed by atoms with E-state index >= 15 is 0 Å². The lowest BCUT2D eigenvalue weighted by Gasteiger charge is -2.08. The van der Waals surface area contributed by atoms with E-state index in [1.807, 2.05) is 0 Å². The fraction of sp³-hybridized carbons (Fsp3) is 0.0833. The minimum absolute atomic E-state index is 0.00350. The fourth-order valence-electron chi connectivity index (χ4n) is 1.55. The van der Waals surface area contributed by atoms with Gasteiger partial charge in [0.15, 0.2) is 12.9 Å². The van der Waals surface area contributed by atoms with E-state index in [1.54, 1.807) is 24.3 Å². The van der Waals surface area contributed by atoms with Crippen molar-refractivity contribution < 1.29 is 21.2 Å². The molecule has 0 spiro atoms. The molecule has 0 radical (unpaired) electrons. The lowest BCUT2D eigenvalue weighted by molar-refractivity contribution is -0.135. The number of nitrogens with one attached hydrogen (secondary N) is 1. The number of halogens is 1. The van der Waals surface area contributed by atoms with Crippen LogP contribution in [-0.2, 0) is 4.79 Å². The van der Waals surface area contributed by atoms with Crippen molar-refractivity contribution in [2.24, 2.45) is 0 Å². The largest absolute Gasteiger partial charge is 0.505 e. The third kappa shape index (κ3) is 2.58. The van der Waals surface area contributed by atoms with Gasteiger partial charge in [0.25, 0.3) is 8.77 Å². The minimum atomic E-state index is -1.09. The maximum absolute atomic E-state index is 12.2. The highest BCUT2D eigenvalue weighted by molar-refractivity contribution is 6.34. The van der Waals surface area contributed by atoms with Gasteiger partial charge in [-0.15, -0.1) is 0 Å². The van der Waals surface area contributed by atoms with Crippen molar-refractivity contribution in [3.05, 3.63) is 35.1 Å². The van der Waals surface area contributed by atoms with Crippen molar-refractivity contribution in [2.75, 3.05) is 6.54 Å². The molecule has 7 heteroatoms. The zero-order valence-electron chi connectivity index (χ0n) is 12.4. The lowest BCUT2D eigenvalue weighted by Crippen LogP contribution is -2.30. The number of benzene rings is 1. The molecule has 2 rings (SSSR count). The van der Waals surface area contributed by atoms with Crippen LogP contribution in [0.1, 0.15) is 10.5 Å². The predicted molar refractivity (Wildman–Crippen MR) is 68.4 cm³/mol. The topological polar surface area (TPSA) is 99.5 Å². The second-order valence-corrected chi connectivity index (χ2v) is 3.98. The first-order valence-corrected chi connectivity index (χ1v) is 5.55. The number of nitrogens with zero attached hydrogens (tertiary/aromatic N) is 1. The van der Waals surface area contributed by atoms with Gasteiger partial charge >= 0.3 is 5.97 Å². The Morgan fingerprint density at radius 3 is 2.84 bits per heavy atom. The van der Waals surface area contributed by atoms with Gasteiger partial charge in [0.2, 0.25) is 0 Å². The summed E-state index contributed by atoms with van der Waals surface area (Å²) >= 11 is 5.99. The second-order valence-electron chi connectivity index (χ2n) is 3.62. The summed E-state index contributed by atoms with van der Waals surface area (Å²) in [5, 5.41) is 9.19. The fourth-order valence-corrected chi connectivity index (χ4v) is 1.80. The van der Waals surface area contributed by atoms with Gasteiger partial charge in [-0.1, -0.05) is 35.9 Å². The van der Waals surface area contributed by atoms with Gasteiger partial charge in [-0.05, 0) is 0 Å². The number of rotatable bonds is 4. The molecular weight excluding hydrogens is 272 g/mol. The molecule has 0 aliphatic heterocycles. The van der Waals surface area contributed by atoms with Crippen LogP contribution in [0.2, 0.25) is 6.56 Å². The monoisotopic (exact) mass is 283 g/mol. The Morgan fingerprint density at radius 2 is 2.16 bits per heavy atom. The summed E-state index contributed by atoms with van der Waals surface area (Å²) in [7, 11) is 0. The molecule has 1 aromatic heterocycles. The summed E-state index contributed by atoms with van der Waals surface area (Å²) in [4.78, 5) is 26.9. The average molecular weight is 284 g/mol. The van der Waals surface area contributed by atoms with Crippen molar-refractivity contribution in [1.82, 2.24) is 10.3 Å². The van der Waals surface area contributed by atoms with Crippen LogP contribution in [0.4, 0.5) is 0 Å². The molecule has 0 saturated heterocycles. The van der Waals surface area contributed by atoms with E-state index in [1.165, 1.54) is 0 Å². The standard InChI is InChI=1S/C12H9ClN2O4/c13-11-7-4-2-1-3-6(7)10(18)9(15-11)12(19)14-5-8(16)17/h1-4,18H,5H2,(H,14,19)(H,16,17)/i/hD3. The predicted octanol–water partition coefficient (Wildman–Crippen LogP) is 1.41. The minimum Gasteiger partial charge on any atom is -0.505 e. The number of carboxylic acids is 1. The molecule has 0 atom stereocenters. The Hall–Kier alpha value is -2.34. The summed E-state index contributed by atoms with van der Waals surface area (Å²) in [5.74, 6) is -2.29. The Balaban J connectivity index is 2.51. The number of aromatic hydroxyl groups is 1. The van der Waals surface area contributed by atoms with Gasteiger partial charge < -0.3 is 15.5 Å². The molecule has 0 bridgehead atoms. The van der Waals surface area contributed by atoms with Crippen molar-refractivity contribution in [3.63, 3.8) is 0 Å². The molecule has 1 aromatic carbocycles. The van der Waals surface area contributed by atoms with Gasteiger partial charge in [0.1, 0.15) is 11.7 Å². The van der Waals surface area contributed by atoms with E-state index in [9.17, 15) is 9.59 Å². The van der Waals surface area contributed by atoms with E-state index in [0.29, 0.717) is 10.8 Å². The summed E-state index contributed by atoms with van der Waals surface area (Å²) in [6, 6.07) is 6.57. The molecule has 6 nitrogen and oxygen atoms in total. The molecule has 19 heavy (non-hydrogen) atoms. The van der Waals surface area contributed by atoms with E-state index in [2.05, 4.69) is 15.2 Å². The van der Waals surface area contributed by atoms with E-state index in [-0.39, 0.29) is 21.9 Å². The van der Waals surface area contributed by atoms with Gasteiger partial charge in [-0.25, -0.2) is 4.98 Å². The normalized spacial score (nSPS) is 12.2. The molecule has 98 valence electrons. The Labute approximate surface area is 117 Å². The average Bonchev–Trinajstić information content (AvgIpc) is 2.53. The molecule has 1 amide bonds. The molecule has 0 aliphatic rings. The second kappa shape index (κ2) is 5.11. The van der Waals surface area contributed by atoms with Crippen molar-refractivity contribution in [1.29, 1.82) is 2.86 Å². The van der Waals surface area contributed by atoms with Gasteiger partial charge in [0.05, 0.1) is 0 Å². The summed E-state index contributed by atoms with van der Waals surface area (Å²) in [6.45, 7) is -0.772. The highest BCUT2D eigenvalue weighted by Crippen LogP contribution is 2.31. The Morgan fingerprint density at radius 1 is 1.42 bits per heavy atom. The van der Waals surface area contributed by atoms with Gasteiger partial charge in [0, 0.05) is 10.8 Å². The SMILES string of the molecule is [2H]OC(=O)CN([2H])C(=O)c1nc(Cl)c2ccccc2c1O[2H]. The zero-order valence-corrected chi connectivity index (χ0v) is 10.2. The number of hydrogen-bond donors (Lipinski definition) is 3. The van der Waals surface area contributed by atoms with Crippen LogP contribution >= 0.6 is 11.6 Å². The Kier molecular flexibility index (Phi) is 2.58. The highest BCUT2D eigenvalue weighted by Gasteiger charge is 2.18. The van der Waals surface area contributed by atoms with Crippen LogP contribution in [-0.4, -0.2) is 35.1 Å². The van der Waals surface area contributed by atoms with Crippen LogP contribution in [0.25, 0.3) is 12.2 Å². The first-order chi connectivity index (χ1) is 10.5. The van der Waals surface area contributed by atoms with Crippen molar-refractivity contribution in [3.8, 4) is 5.75 Å². The van der Waals surface area contributed by atoms with Gasteiger partial charge in [-0.3, -0.25) is 9.59 Å². The van der Waals surface area contributed by atoms with Crippen LogP contribution in [0, 0.1) is 0 Å². The molecule has 0 saturated carbocycles. The van der Waals surface area contributed by atoms with Crippen molar-refractivity contribution >= 4 is 34.2 Å². The van der Waals surface area contributed by atoms with Crippen LogP contribution in [0.15, 0.2) is 24.3 Å². The lowest BCUT2D eigenvalue weighted by atomic mass is 10.1. The van der Waals surface area contributed by atoms with Crippen molar-refractivity contribution in [2.45, 2.75) is 0 Å². The highest BCUT2D eigenvalue weighted by atomic mass is 35.5. The van der Waals surface area contributed by atoms with E-state index in [4.69, 9.17) is 15.9 Å². The number of carbonyl (C=O) groups is 2. The number of carboxylic acid groups (broad SMARTS) is 1. The number of aromatic nitrogens is 1. The number of hydrogen-bond acceptors (Lipinski definition) is 5. The summed E-state index contributed by atoms with van der Waals surface area (Å²) in [5.41, 5.74) is -0.383. The molecule has 0 unspecified atom stereocenters. The molecule has 1 heterocycles. The number of aliphatic carboxylic acids is 1. The Bertz CT molecular complexity index is 744. The van der Waals surface area contributed by atoms with E-state index < -0.39 is 18.4 Å². The maximum atomic E-state index is 12.2. The maximum Gasteiger partial charge on any atom is 0.322 e. The third-order valence-electron chi connectivity index (χ3n) is 2.37. The molecule has 2 aromatic rings. The molecule has 0 fully saturated rings. The number of carbonyl (C=O) groups excluding carboxylic acids is 1. The van der Waals surface area contributed by atoms with E-state index in [0.717, 1.165) is 0 Å². The number of amides is 1. The quantitative estimate of drug-likeness (QED) is 0.737.